The molecular formula is C10H18ClNO2. The zero-order valence-electron chi connectivity index (χ0n) is 8.63. The van der Waals surface area contributed by atoms with E-state index in [0.29, 0.717) is 25.3 Å². The fourth-order valence-corrected chi connectivity index (χ4v) is 1.91. The summed E-state index contributed by atoms with van der Waals surface area (Å²) < 4.78 is 0. The van der Waals surface area contributed by atoms with Gasteiger partial charge < -0.3 is 10.0 Å². The van der Waals surface area contributed by atoms with Crippen LogP contribution in [0.2, 0.25) is 0 Å². The monoisotopic (exact) mass is 219 g/mol. The molecule has 0 aromatic carbocycles. The fraction of sp³-hybridized carbons (Fsp3) is 0.900. The molecule has 1 amide bonds. The van der Waals surface area contributed by atoms with Crippen molar-refractivity contribution in [2.75, 3.05) is 19.0 Å². The minimum atomic E-state index is -0.601. The van der Waals surface area contributed by atoms with Crippen molar-refractivity contribution in [3.63, 3.8) is 0 Å². The Labute approximate surface area is 90.0 Å². The molecule has 1 unspecified atom stereocenters. The van der Waals surface area contributed by atoms with Gasteiger partial charge in [0.2, 0.25) is 5.91 Å². The SMILES string of the molecule is CC1(O)CCCN(C(=O)CCCl)CC1. The average Bonchev–Trinajstić information content (AvgIpc) is 2.27. The summed E-state index contributed by atoms with van der Waals surface area (Å²) in [7, 11) is 0. The second-order valence-corrected chi connectivity index (χ2v) is 4.55. The van der Waals surface area contributed by atoms with Crippen molar-refractivity contribution in [3.8, 4) is 0 Å². The maximum Gasteiger partial charge on any atom is 0.223 e. The highest BCUT2D eigenvalue weighted by atomic mass is 35.5. The van der Waals surface area contributed by atoms with Gasteiger partial charge in [-0.1, -0.05) is 0 Å². The van der Waals surface area contributed by atoms with Crippen molar-refractivity contribution in [1.29, 1.82) is 0 Å². The highest BCUT2D eigenvalue weighted by molar-refractivity contribution is 6.18. The van der Waals surface area contributed by atoms with Gasteiger partial charge in [-0.05, 0) is 26.2 Å². The molecular weight excluding hydrogens is 202 g/mol. The van der Waals surface area contributed by atoms with Crippen molar-refractivity contribution in [2.24, 2.45) is 0 Å². The van der Waals surface area contributed by atoms with Crippen LogP contribution in [-0.4, -0.2) is 40.5 Å². The molecule has 1 aliphatic heterocycles. The predicted molar refractivity (Wildman–Crippen MR) is 56.4 cm³/mol. The van der Waals surface area contributed by atoms with Crippen LogP contribution in [0.4, 0.5) is 0 Å². The first-order valence-corrected chi connectivity index (χ1v) is 5.65. The first-order valence-electron chi connectivity index (χ1n) is 5.11. The molecule has 1 aliphatic rings. The van der Waals surface area contributed by atoms with Gasteiger partial charge in [0.15, 0.2) is 0 Å². The van der Waals surface area contributed by atoms with Crippen LogP contribution in [0.5, 0.6) is 0 Å². The van der Waals surface area contributed by atoms with Gasteiger partial charge >= 0.3 is 0 Å². The van der Waals surface area contributed by atoms with E-state index in [4.69, 9.17) is 11.6 Å². The standard InChI is InChI=1S/C10H18ClNO2/c1-10(14)4-2-7-12(8-5-10)9(13)3-6-11/h14H,2-8H2,1H3. The lowest BCUT2D eigenvalue weighted by Crippen LogP contribution is -2.33. The smallest absolute Gasteiger partial charge is 0.223 e. The lowest BCUT2D eigenvalue weighted by molar-refractivity contribution is -0.130. The number of carbonyl (C=O) groups excluding carboxylic acids is 1. The first kappa shape index (κ1) is 11.8. The zero-order chi connectivity index (χ0) is 10.6. The first-order chi connectivity index (χ1) is 6.55. The molecule has 1 saturated heterocycles. The number of halogens is 1. The summed E-state index contributed by atoms with van der Waals surface area (Å²) in [5, 5.41) is 9.82. The van der Waals surface area contributed by atoms with Crippen LogP contribution < -0.4 is 0 Å². The molecule has 14 heavy (non-hydrogen) atoms. The molecule has 1 rings (SSSR count). The van der Waals surface area contributed by atoms with E-state index in [0.717, 1.165) is 19.4 Å². The Morgan fingerprint density at radius 2 is 2.21 bits per heavy atom. The summed E-state index contributed by atoms with van der Waals surface area (Å²) in [6, 6.07) is 0. The van der Waals surface area contributed by atoms with E-state index in [-0.39, 0.29) is 5.91 Å². The summed E-state index contributed by atoms with van der Waals surface area (Å²) in [6.45, 7) is 3.25. The molecule has 1 heterocycles. The second kappa shape index (κ2) is 4.99. The third-order valence-electron chi connectivity index (χ3n) is 2.72. The van der Waals surface area contributed by atoms with Crippen LogP contribution in [0.3, 0.4) is 0 Å². The van der Waals surface area contributed by atoms with Crippen molar-refractivity contribution < 1.29 is 9.90 Å². The van der Waals surface area contributed by atoms with Crippen LogP contribution in [0.25, 0.3) is 0 Å². The molecule has 0 saturated carbocycles. The Kier molecular flexibility index (Phi) is 4.20. The molecule has 0 aliphatic carbocycles. The summed E-state index contributed by atoms with van der Waals surface area (Å²) in [5.74, 6) is 0.490. The second-order valence-electron chi connectivity index (χ2n) is 4.17. The number of hydrogen-bond donors (Lipinski definition) is 1. The number of nitrogens with zero attached hydrogens (tertiary/aromatic N) is 1. The summed E-state index contributed by atoms with van der Waals surface area (Å²) in [6.07, 6.45) is 2.73. The largest absolute Gasteiger partial charge is 0.390 e. The van der Waals surface area contributed by atoms with Crippen LogP contribution in [0, 0.1) is 0 Å². The van der Waals surface area contributed by atoms with Gasteiger partial charge in [-0.15, -0.1) is 11.6 Å². The van der Waals surface area contributed by atoms with Gasteiger partial charge in [-0.2, -0.15) is 0 Å². The zero-order valence-corrected chi connectivity index (χ0v) is 9.39. The number of hydrogen-bond acceptors (Lipinski definition) is 2. The van der Waals surface area contributed by atoms with E-state index < -0.39 is 5.60 Å². The molecule has 0 bridgehead atoms. The van der Waals surface area contributed by atoms with E-state index in [2.05, 4.69) is 0 Å². The fourth-order valence-electron chi connectivity index (χ4n) is 1.75. The minimum Gasteiger partial charge on any atom is -0.390 e. The van der Waals surface area contributed by atoms with Gasteiger partial charge in [-0.25, -0.2) is 0 Å². The topological polar surface area (TPSA) is 40.5 Å². The Morgan fingerprint density at radius 1 is 1.50 bits per heavy atom. The van der Waals surface area contributed by atoms with Gasteiger partial charge in [0.1, 0.15) is 0 Å². The lowest BCUT2D eigenvalue weighted by Gasteiger charge is -2.22. The highest BCUT2D eigenvalue weighted by Gasteiger charge is 2.26. The molecule has 0 radical (unpaired) electrons. The molecule has 4 heteroatoms. The number of rotatable bonds is 2. The Balaban J connectivity index is 2.45. The predicted octanol–water partition coefficient (Wildman–Crippen LogP) is 1.38. The Hall–Kier alpha value is -0.280. The number of likely N-dealkylation sites (tertiary alicyclic amines) is 1. The van der Waals surface area contributed by atoms with Crippen molar-refractivity contribution in [3.05, 3.63) is 0 Å². The van der Waals surface area contributed by atoms with Crippen molar-refractivity contribution in [1.82, 2.24) is 4.90 Å². The maximum absolute atomic E-state index is 11.5. The molecule has 0 aromatic rings. The normalized spacial score (nSPS) is 28.6. The highest BCUT2D eigenvalue weighted by Crippen LogP contribution is 2.21. The molecule has 0 spiro atoms. The van der Waals surface area contributed by atoms with Gasteiger partial charge in [0.05, 0.1) is 5.60 Å². The maximum atomic E-state index is 11.5. The van der Waals surface area contributed by atoms with Crippen molar-refractivity contribution >= 4 is 17.5 Å². The summed E-state index contributed by atoms with van der Waals surface area (Å²) in [4.78, 5) is 13.3. The molecule has 1 atom stereocenters. The summed E-state index contributed by atoms with van der Waals surface area (Å²) >= 11 is 5.52. The van der Waals surface area contributed by atoms with E-state index in [1.54, 1.807) is 0 Å². The average molecular weight is 220 g/mol. The third kappa shape index (κ3) is 3.46. The van der Waals surface area contributed by atoms with E-state index in [9.17, 15) is 9.90 Å². The van der Waals surface area contributed by atoms with Crippen LogP contribution >= 0.6 is 11.6 Å². The van der Waals surface area contributed by atoms with Gasteiger partial charge in [0.25, 0.3) is 0 Å². The van der Waals surface area contributed by atoms with Crippen molar-refractivity contribution in [2.45, 2.75) is 38.2 Å². The lowest BCUT2D eigenvalue weighted by atomic mass is 9.98. The quantitative estimate of drug-likeness (QED) is 0.713. The molecule has 1 N–H and O–H groups in total. The minimum absolute atomic E-state index is 0.109. The molecule has 0 aromatic heterocycles. The van der Waals surface area contributed by atoms with E-state index in [1.807, 2.05) is 11.8 Å². The number of amides is 1. The van der Waals surface area contributed by atoms with Gasteiger partial charge in [0, 0.05) is 25.4 Å². The van der Waals surface area contributed by atoms with E-state index in [1.165, 1.54) is 0 Å². The Morgan fingerprint density at radius 3 is 2.86 bits per heavy atom. The van der Waals surface area contributed by atoms with Gasteiger partial charge in [-0.3, -0.25) is 4.79 Å². The summed E-state index contributed by atoms with van der Waals surface area (Å²) in [5.41, 5.74) is -0.601. The molecule has 3 nitrogen and oxygen atoms in total. The number of carbonyl (C=O) groups is 1. The van der Waals surface area contributed by atoms with Crippen LogP contribution in [0.1, 0.15) is 32.6 Å². The molecule has 1 fully saturated rings. The van der Waals surface area contributed by atoms with Crippen LogP contribution in [0.15, 0.2) is 0 Å². The number of aliphatic hydroxyl groups is 1. The van der Waals surface area contributed by atoms with E-state index >= 15 is 0 Å². The number of alkyl halides is 1. The molecule has 82 valence electrons. The Bertz CT molecular complexity index is 206. The van der Waals surface area contributed by atoms with Crippen LogP contribution in [-0.2, 0) is 4.79 Å². The third-order valence-corrected chi connectivity index (χ3v) is 2.91.